The average Bonchev–Trinajstić information content (AvgIpc) is 2.26. The maximum Gasteiger partial charge on any atom is 0.248 e. The summed E-state index contributed by atoms with van der Waals surface area (Å²) in [5.41, 5.74) is 0. The van der Waals surface area contributed by atoms with Gasteiger partial charge in [-0.15, -0.1) is 0 Å². The monoisotopic (exact) mass is 226 g/mol. The summed E-state index contributed by atoms with van der Waals surface area (Å²) in [5.74, 6) is 0.446. The van der Waals surface area contributed by atoms with Gasteiger partial charge in [-0.2, -0.15) is 5.26 Å². The second-order valence-electron chi connectivity index (χ2n) is 4.13. The fourth-order valence-corrected chi connectivity index (χ4v) is 1.38. The molecule has 0 N–H and O–H groups in total. The van der Waals surface area contributed by atoms with Crippen LogP contribution >= 0.6 is 0 Å². The van der Waals surface area contributed by atoms with Gasteiger partial charge in [0.15, 0.2) is 0 Å². The van der Waals surface area contributed by atoms with Crippen LogP contribution in [0.25, 0.3) is 0 Å². The lowest BCUT2D eigenvalue weighted by atomic mass is 10.1. The van der Waals surface area contributed by atoms with Crippen LogP contribution in [-0.4, -0.2) is 37.6 Å². The highest BCUT2D eigenvalue weighted by molar-refractivity contribution is 5.77. The predicted octanol–water partition coefficient (Wildman–Crippen LogP) is 1.81. The molecular weight excluding hydrogens is 204 g/mol. The van der Waals surface area contributed by atoms with E-state index in [4.69, 9.17) is 10.00 Å². The number of hydrogen-bond acceptors (Lipinski definition) is 3. The molecule has 0 rings (SSSR count). The first-order chi connectivity index (χ1) is 7.61. The molecule has 4 nitrogen and oxygen atoms in total. The van der Waals surface area contributed by atoms with Gasteiger partial charge in [-0.3, -0.25) is 4.79 Å². The molecule has 0 spiro atoms. The molecule has 0 saturated heterocycles. The van der Waals surface area contributed by atoms with Crippen LogP contribution in [0.4, 0.5) is 0 Å². The molecule has 0 saturated carbocycles. The van der Waals surface area contributed by atoms with Gasteiger partial charge in [-0.05, 0) is 12.3 Å². The number of ether oxygens (including phenoxy) is 1. The third kappa shape index (κ3) is 7.24. The number of carbonyl (C=O) groups is 1. The molecule has 92 valence electrons. The first-order valence-corrected chi connectivity index (χ1v) is 5.80. The van der Waals surface area contributed by atoms with Crippen LogP contribution in [0.1, 0.15) is 33.1 Å². The Morgan fingerprint density at radius 2 is 2.25 bits per heavy atom. The lowest BCUT2D eigenvalue weighted by molar-refractivity contribution is -0.135. The number of nitriles is 1. The molecule has 4 heteroatoms. The van der Waals surface area contributed by atoms with E-state index in [1.165, 1.54) is 4.90 Å². The maximum absolute atomic E-state index is 11.5. The van der Waals surface area contributed by atoms with E-state index in [1.54, 1.807) is 7.05 Å². The van der Waals surface area contributed by atoms with E-state index in [0.717, 1.165) is 12.8 Å². The van der Waals surface area contributed by atoms with Crippen molar-refractivity contribution in [3.05, 3.63) is 0 Å². The lowest BCUT2D eigenvalue weighted by Crippen LogP contribution is -2.31. The minimum absolute atomic E-state index is 0.0565. The van der Waals surface area contributed by atoms with Crippen LogP contribution < -0.4 is 0 Å². The van der Waals surface area contributed by atoms with Gasteiger partial charge < -0.3 is 9.64 Å². The normalized spacial score (nSPS) is 11.9. The average molecular weight is 226 g/mol. The van der Waals surface area contributed by atoms with Crippen molar-refractivity contribution in [2.45, 2.75) is 33.1 Å². The molecule has 1 unspecified atom stereocenters. The minimum atomic E-state index is -0.0565. The Kier molecular flexibility index (Phi) is 8.55. The second-order valence-corrected chi connectivity index (χ2v) is 4.13. The lowest BCUT2D eigenvalue weighted by Gasteiger charge is -2.16. The fourth-order valence-electron chi connectivity index (χ4n) is 1.38. The van der Waals surface area contributed by atoms with Gasteiger partial charge in [0.05, 0.1) is 12.5 Å². The third-order valence-corrected chi connectivity index (χ3v) is 2.39. The Labute approximate surface area is 98.2 Å². The number of amides is 1. The van der Waals surface area contributed by atoms with E-state index in [0.29, 0.717) is 25.5 Å². The first-order valence-electron chi connectivity index (χ1n) is 5.80. The van der Waals surface area contributed by atoms with Crippen molar-refractivity contribution in [2.75, 3.05) is 26.8 Å². The molecule has 1 atom stereocenters. The molecular formula is C12H22N2O2. The molecule has 1 amide bonds. The highest BCUT2D eigenvalue weighted by Crippen LogP contribution is 2.04. The molecule has 0 fully saturated rings. The van der Waals surface area contributed by atoms with Crippen molar-refractivity contribution in [1.29, 1.82) is 5.26 Å². The van der Waals surface area contributed by atoms with Gasteiger partial charge in [0, 0.05) is 20.2 Å². The van der Waals surface area contributed by atoms with Crippen LogP contribution in [-0.2, 0) is 9.53 Å². The summed E-state index contributed by atoms with van der Waals surface area (Å²) in [5, 5.41) is 8.39. The Morgan fingerprint density at radius 1 is 1.56 bits per heavy atom. The number of hydrogen-bond donors (Lipinski definition) is 0. The predicted molar refractivity (Wildman–Crippen MR) is 62.8 cm³/mol. The largest absolute Gasteiger partial charge is 0.371 e. The summed E-state index contributed by atoms with van der Waals surface area (Å²) < 4.78 is 5.34. The summed E-state index contributed by atoms with van der Waals surface area (Å²) in [6.07, 6.45) is 2.63. The fraction of sp³-hybridized carbons (Fsp3) is 0.833. The minimum Gasteiger partial charge on any atom is -0.371 e. The summed E-state index contributed by atoms with van der Waals surface area (Å²) >= 11 is 0. The Bertz CT molecular complexity index is 236. The van der Waals surface area contributed by atoms with Crippen LogP contribution in [0.2, 0.25) is 0 Å². The number of rotatable bonds is 8. The quantitative estimate of drug-likeness (QED) is 0.634. The zero-order chi connectivity index (χ0) is 12.4. The van der Waals surface area contributed by atoms with E-state index < -0.39 is 0 Å². The van der Waals surface area contributed by atoms with Gasteiger partial charge in [0.25, 0.3) is 0 Å². The molecule has 0 aliphatic heterocycles. The smallest absolute Gasteiger partial charge is 0.248 e. The summed E-state index contributed by atoms with van der Waals surface area (Å²) in [6.45, 7) is 5.48. The summed E-state index contributed by atoms with van der Waals surface area (Å²) in [4.78, 5) is 13.0. The third-order valence-electron chi connectivity index (χ3n) is 2.39. The first kappa shape index (κ1) is 14.9. The molecule has 0 bridgehead atoms. The zero-order valence-corrected chi connectivity index (χ0v) is 10.5. The van der Waals surface area contributed by atoms with Crippen LogP contribution in [0, 0.1) is 17.2 Å². The standard InChI is InChI=1S/C12H22N2O2/c1-4-6-11(2)9-16-10-12(15)14(3)8-5-7-13/h11H,4-6,8-10H2,1-3H3. The Morgan fingerprint density at radius 3 is 2.81 bits per heavy atom. The van der Waals surface area contributed by atoms with E-state index in [2.05, 4.69) is 13.8 Å². The van der Waals surface area contributed by atoms with Crippen molar-refractivity contribution in [2.24, 2.45) is 5.92 Å². The van der Waals surface area contributed by atoms with Gasteiger partial charge >= 0.3 is 0 Å². The van der Waals surface area contributed by atoms with Crippen molar-refractivity contribution >= 4 is 5.91 Å². The Balaban J connectivity index is 3.61. The highest BCUT2D eigenvalue weighted by atomic mass is 16.5. The summed E-state index contributed by atoms with van der Waals surface area (Å²) in [7, 11) is 1.69. The molecule has 0 aromatic rings. The van der Waals surface area contributed by atoms with E-state index in [-0.39, 0.29) is 12.5 Å². The van der Waals surface area contributed by atoms with E-state index in [1.807, 2.05) is 6.07 Å². The molecule has 0 aliphatic rings. The molecule has 0 aromatic carbocycles. The molecule has 0 aromatic heterocycles. The molecule has 16 heavy (non-hydrogen) atoms. The van der Waals surface area contributed by atoms with E-state index in [9.17, 15) is 4.79 Å². The summed E-state index contributed by atoms with van der Waals surface area (Å²) in [6, 6.07) is 2.01. The van der Waals surface area contributed by atoms with Crippen LogP contribution in [0.15, 0.2) is 0 Å². The van der Waals surface area contributed by atoms with Crippen molar-refractivity contribution in [3.63, 3.8) is 0 Å². The second kappa shape index (κ2) is 9.17. The molecule has 0 heterocycles. The number of nitrogens with zero attached hydrogens (tertiary/aromatic N) is 2. The van der Waals surface area contributed by atoms with Gasteiger partial charge in [0.1, 0.15) is 6.61 Å². The van der Waals surface area contributed by atoms with Crippen LogP contribution in [0.3, 0.4) is 0 Å². The molecule has 0 radical (unpaired) electrons. The van der Waals surface area contributed by atoms with Gasteiger partial charge in [0.2, 0.25) is 5.91 Å². The molecule has 0 aliphatic carbocycles. The highest BCUT2D eigenvalue weighted by Gasteiger charge is 2.09. The van der Waals surface area contributed by atoms with Crippen molar-refractivity contribution in [1.82, 2.24) is 4.90 Å². The van der Waals surface area contributed by atoms with Crippen molar-refractivity contribution in [3.8, 4) is 6.07 Å². The zero-order valence-electron chi connectivity index (χ0n) is 10.5. The SMILES string of the molecule is CCCC(C)COCC(=O)N(C)CCC#N. The number of likely N-dealkylation sites (N-methyl/N-ethyl adjacent to an activating group) is 1. The Hall–Kier alpha value is -1.08. The topological polar surface area (TPSA) is 53.3 Å². The maximum atomic E-state index is 11.5. The van der Waals surface area contributed by atoms with Gasteiger partial charge in [-0.1, -0.05) is 20.3 Å². The number of carbonyl (C=O) groups excluding carboxylic acids is 1. The van der Waals surface area contributed by atoms with E-state index >= 15 is 0 Å². The van der Waals surface area contributed by atoms with Gasteiger partial charge in [-0.25, -0.2) is 0 Å². The van der Waals surface area contributed by atoms with Crippen LogP contribution in [0.5, 0.6) is 0 Å². The van der Waals surface area contributed by atoms with Crippen molar-refractivity contribution < 1.29 is 9.53 Å².